The van der Waals surface area contributed by atoms with Crippen LogP contribution < -0.4 is 0 Å². The van der Waals surface area contributed by atoms with E-state index in [0.29, 0.717) is 11.1 Å². The Morgan fingerprint density at radius 3 is 1.31 bits per heavy atom. The second-order valence-electron chi connectivity index (χ2n) is 5.62. The Kier molecular flexibility index (Phi) is 6.06. The minimum absolute atomic E-state index is 0. The van der Waals surface area contributed by atoms with Crippen LogP contribution in [0.3, 0.4) is 0 Å². The van der Waals surface area contributed by atoms with E-state index >= 15 is 0 Å². The van der Waals surface area contributed by atoms with Crippen molar-refractivity contribution in [1.82, 2.24) is 0 Å². The predicted octanol–water partition coefficient (Wildman–Crippen LogP) is 0.974. The largest absolute Gasteiger partial charge is 0.508 e. The van der Waals surface area contributed by atoms with E-state index < -0.39 is 30.0 Å². The highest BCUT2D eigenvalue weighted by molar-refractivity contribution is 7.86. The van der Waals surface area contributed by atoms with E-state index in [4.69, 9.17) is 0 Å². The second-order valence-corrected chi connectivity index (χ2v) is 8.40. The molecule has 0 atom stereocenters. The van der Waals surface area contributed by atoms with Gasteiger partial charge in [0.15, 0.2) is 0 Å². The van der Waals surface area contributed by atoms with Gasteiger partial charge in [0, 0.05) is 18.6 Å². The van der Waals surface area contributed by atoms with Crippen molar-refractivity contribution < 1.29 is 41.6 Å². The van der Waals surface area contributed by atoms with E-state index in [0.717, 1.165) is 12.1 Å². The average Bonchev–Trinajstić information content (AvgIpc) is 2.43. The molecule has 9 nitrogen and oxygen atoms in total. The standard InChI is InChI=1S/C15H16O8S2.H2O/c1-8-3-10(14(6-12(8)16)24(18,19)20)5-11-4-9(2)13(17)7-15(11)25(21,22)23;/h3-4,6-7,16-17H,5H2,1-2H3,(H,18,19,20)(H,21,22,23);1H2. The van der Waals surface area contributed by atoms with Gasteiger partial charge < -0.3 is 15.7 Å². The maximum atomic E-state index is 11.5. The number of phenolic OH excluding ortho intramolecular Hbond substituents is 2. The summed E-state index contributed by atoms with van der Waals surface area (Å²) < 4.78 is 64.9. The van der Waals surface area contributed by atoms with Gasteiger partial charge in [-0.3, -0.25) is 9.11 Å². The zero-order valence-electron chi connectivity index (χ0n) is 13.8. The van der Waals surface area contributed by atoms with Gasteiger partial charge in [-0.25, -0.2) is 0 Å². The third-order valence-electron chi connectivity index (χ3n) is 3.69. The molecule has 11 heteroatoms. The third kappa shape index (κ3) is 4.51. The fraction of sp³-hybridized carbons (Fsp3) is 0.200. The van der Waals surface area contributed by atoms with Crippen molar-refractivity contribution in [2.24, 2.45) is 0 Å². The van der Waals surface area contributed by atoms with Crippen molar-refractivity contribution in [2.75, 3.05) is 0 Å². The van der Waals surface area contributed by atoms with Gasteiger partial charge in [-0.2, -0.15) is 16.8 Å². The van der Waals surface area contributed by atoms with Crippen LogP contribution in [0.5, 0.6) is 11.5 Å². The summed E-state index contributed by atoms with van der Waals surface area (Å²) in [6.07, 6.45) is -0.285. The Labute approximate surface area is 150 Å². The Balaban J connectivity index is 0.00000338. The smallest absolute Gasteiger partial charge is 0.294 e. The number of benzene rings is 2. The summed E-state index contributed by atoms with van der Waals surface area (Å²) in [5, 5.41) is 19.3. The van der Waals surface area contributed by atoms with Gasteiger partial charge in [-0.15, -0.1) is 0 Å². The molecule has 0 unspecified atom stereocenters. The highest BCUT2D eigenvalue weighted by atomic mass is 32.2. The van der Waals surface area contributed by atoms with Gasteiger partial charge in [0.25, 0.3) is 20.2 Å². The number of hydrogen-bond donors (Lipinski definition) is 4. The number of hydrogen-bond acceptors (Lipinski definition) is 6. The van der Waals surface area contributed by atoms with Crippen molar-refractivity contribution in [3.8, 4) is 11.5 Å². The summed E-state index contributed by atoms with van der Waals surface area (Å²) in [5.74, 6) is -0.707. The first-order chi connectivity index (χ1) is 11.3. The zero-order chi connectivity index (χ0) is 19.2. The highest BCUT2D eigenvalue weighted by Crippen LogP contribution is 2.31. The molecule has 0 saturated heterocycles. The van der Waals surface area contributed by atoms with Gasteiger partial charge in [-0.1, -0.05) is 12.1 Å². The van der Waals surface area contributed by atoms with E-state index in [1.807, 2.05) is 0 Å². The number of rotatable bonds is 4. The average molecular weight is 406 g/mol. The first-order valence-corrected chi connectivity index (χ1v) is 9.78. The normalized spacial score (nSPS) is 11.8. The predicted molar refractivity (Wildman–Crippen MR) is 91.7 cm³/mol. The van der Waals surface area contributed by atoms with Crippen molar-refractivity contribution in [1.29, 1.82) is 0 Å². The van der Waals surface area contributed by atoms with E-state index in [9.17, 15) is 36.2 Å². The first-order valence-electron chi connectivity index (χ1n) is 6.90. The molecule has 0 heterocycles. The maximum Gasteiger partial charge on any atom is 0.294 e. The molecule has 0 saturated carbocycles. The van der Waals surface area contributed by atoms with E-state index in [1.54, 1.807) is 0 Å². The van der Waals surface area contributed by atoms with Crippen molar-refractivity contribution in [2.45, 2.75) is 30.1 Å². The molecule has 0 aliphatic carbocycles. The van der Waals surface area contributed by atoms with Crippen LogP contribution in [0.2, 0.25) is 0 Å². The fourth-order valence-electron chi connectivity index (χ4n) is 2.44. The molecular weight excluding hydrogens is 388 g/mol. The molecule has 26 heavy (non-hydrogen) atoms. The first kappa shape index (κ1) is 21.9. The van der Waals surface area contributed by atoms with Gasteiger partial charge in [0.2, 0.25) is 0 Å². The summed E-state index contributed by atoms with van der Waals surface area (Å²) in [6, 6.07) is 4.30. The minimum Gasteiger partial charge on any atom is -0.508 e. The number of aryl methyl sites for hydroxylation is 2. The van der Waals surface area contributed by atoms with Crippen LogP contribution in [0.4, 0.5) is 0 Å². The molecular formula is C15H18O9S2. The van der Waals surface area contributed by atoms with Crippen LogP contribution in [0.15, 0.2) is 34.1 Å². The lowest BCUT2D eigenvalue weighted by atomic mass is 10.0. The lowest BCUT2D eigenvalue weighted by Crippen LogP contribution is -2.08. The maximum absolute atomic E-state index is 11.5. The Hall–Kier alpha value is -2.18. The topological polar surface area (TPSA) is 181 Å². The van der Waals surface area contributed by atoms with Crippen molar-refractivity contribution >= 4 is 20.2 Å². The van der Waals surface area contributed by atoms with E-state index in [-0.39, 0.29) is 34.5 Å². The van der Waals surface area contributed by atoms with Crippen molar-refractivity contribution in [3.63, 3.8) is 0 Å². The summed E-state index contributed by atoms with van der Waals surface area (Å²) in [4.78, 5) is -1.16. The fourth-order valence-corrected chi connectivity index (χ4v) is 3.88. The molecule has 0 fully saturated rings. The molecule has 2 rings (SSSR count). The molecule has 144 valence electrons. The lowest BCUT2D eigenvalue weighted by Gasteiger charge is -2.13. The summed E-state index contributed by atoms with van der Waals surface area (Å²) in [7, 11) is -9.36. The summed E-state index contributed by atoms with van der Waals surface area (Å²) in [6.45, 7) is 3.00. The molecule has 0 aliphatic rings. The monoisotopic (exact) mass is 406 g/mol. The van der Waals surface area contributed by atoms with Crippen molar-refractivity contribution in [3.05, 3.63) is 46.5 Å². The lowest BCUT2D eigenvalue weighted by molar-refractivity contribution is 0.461. The molecule has 2 aromatic rings. The highest BCUT2D eigenvalue weighted by Gasteiger charge is 2.22. The Morgan fingerprint density at radius 2 is 1.04 bits per heavy atom. The van der Waals surface area contributed by atoms with Gasteiger partial charge in [0.05, 0.1) is 0 Å². The number of phenols is 2. The van der Waals surface area contributed by atoms with E-state index in [1.165, 1.54) is 26.0 Å². The quantitative estimate of drug-likeness (QED) is 0.542. The molecule has 0 amide bonds. The van der Waals surface area contributed by atoms with Crippen LogP contribution in [-0.2, 0) is 26.7 Å². The molecule has 0 bridgehead atoms. The van der Waals surface area contributed by atoms with Gasteiger partial charge in [0.1, 0.15) is 21.3 Å². The molecule has 0 aliphatic heterocycles. The van der Waals surface area contributed by atoms with E-state index in [2.05, 4.69) is 0 Å². The second kappa shape index (κ2) is 7.21. The van der Waals surface area contributed by atoms with Crippen LogP contribution >= 0.6 is 0 Å². The van der Waals surface area contributed by atoms with Crippen LogP contribution in [-0.4, -0.2) is 41.6 Å². The number of aromatic hydroxyl groups is 2. The molecule has 0 spiro atoms. The molecule has 0 aromatic heterocycles. The third-order valence-corrected chi connectivity index (χ3v) is 5.57. The summed E-state index contributed by atoms with van der Waals surface area (Å²) >= 11 is 0. The Morgan fingerprint density at radius 1 is 0.731 bits per heavy atom. The summed E-state index contributed by atoms with van der Waals surface area (Å²) in [5.41, 5.74) is 0.665. The molecule has 2 aromatic carbocycles. The van der Waals surface area contributed by atoms with Gasteiger partial charge >= 0.3 is 0 Å². The SMILES string of the molecule is Cc1cc(Cc2cc(C)c(O)cc2S(=O)(=O)O)c(S(=O)(=O)O)cc1O.O. The van der Waals surface area contributed by atoms with Crippen LogP contribution in [0, 0.1) is 13.8 Å². The zero-order valence-corrected chi connectivity index (χ0v) is 15.4. The molecule has 6 N–H and O–H groups in total. The molecule has 0 radical (unpaired) electrons. The van der Waals surface area contributed by atoms with Crippen LogP contribution in [0.1, 0.15) is 22.3 Å². The van der Waals surface area contributed by atoms with Crippen LogP contribution in [0.25, 0.3) is 0 Å². The minimum atomic E-state index is -4.68. The Bertz CT molecular complexity index is 970. The van der Waals surface area contributed by atoms with Gasteiger partial charge in [-0.05, 0) is 36.1 Å².